The van der Waals surface area contributed by atoms with E-state index in [1.165, 1.54) is 12.1 Å². The smallest absolute Gasteiger partial charge is 0.368 e. The highest BCUT2D eigenvalue weighted by molar-refractivity contribution is 5.80. The molecule has 2 aliphatic rings. The highest BCUT2D eigenvalue weighted by atomic mass is 19.4. The molecule has 3 rings (SSSR count). The van der Waals surface area contributed by atoms with Crippen LogP contribution in [0.2, 0.25) is 0 Å². The number of benzene rings is 1. The average Bonchev–Trinajstić information content (AvgIpc) is 3.15. The largest absolute Gasteiger partial charge is 0.416 e. The van der Waals surface area contributed by atoms with Crippen molar-refractivity contribution in [2.45, 2.75) is 32.4 Å². The molecular formula is C21H30F3N5O. The number of carbonyl (C=O) groups excluding carboxylic acids is 1. The maximum Gasteiger partial charge on any atom is 0.416 e. The molecule has 9 heteroatoms. The number of nitrogens with zero attached hydrogens (tertiary/aromatic N) is 4. The fraction of sp³-hybridized carbons (Fsp3) is 0.619. The molecule has 0 aromatic heterocycles. The molecule has 0 radical (unpaired) electrons. The van der Waals surface area contributed by atoms with Crippen LogP contribution in [0, 0.1) is 0 Å². The first kappa shape index (κ1) is 22.2. The van der Waals surface area contributed by atoms with Crippen molar-refractivity contribution in [3.63, 3.8) is 0 Å². The number of nitrogens with one attached hydrogen (secondary N) is 1. The fourth-order valence-corrected chi connectivity index (χ4v) is 3.87. The Bertz CT molecular complexity index is 744. The number of anilines is 1. The minimum absolute atomic E-state index is 0.233. The van der Waals surface area contributed by atoms with Gasteiger partial charge in [-0.05, 0) is 38.0 Å². The molecule has 2 fully saturated rings. The van der Waals surface area contributed by atoms with E-state index in [0.29, 0.717) is 44.8 Å². The molecule has 0 atom stereocenters. The molecular weight excluding hydrogens is 395 g/mol. The lowest BCUT2D eigenvalue weighted by Crippen LogP contribution is -2.52. The highest BCUT2D eigenvalue weighted by Gasteiger charge is 2.31. The van der Waals surface area contributed by atoms with E-state index in [1.807, 2.05) is 16.7 Å². The lowest BCUT2D eigenvalue weighted by Gasteiger charge is -2.38. The molecule has 6 nitrogen and oxygen atoms in total. The van der Waals surface area contributed by atoms with Crippen LogP contribution in [0.25, 0.3) is 0 Å². The van der Waals surface area contributed by atoms with Gasteiger partial charge in [-0.3, -0.25) is 9.79 Å². The van der Waals surface area contributed by atoms with Crippen LogP contribution in [0.15, 0.2) is 29.3 Å². The van der Waals surface area contributed by atoms with Gasteiger partial charge in [-0.15, -0.1) is 0 Å². The number of likely N-dealkylation sites (tertiary alicyclic amines) is 1. The summed E-state index contributed by atoms with van der Waals surface area (Å²) in [4.78, 5) is 22.4. The van der Waals surface area contributed by atoms with Gasteiger partial charge in [-0.2, -0.15) is 13.2 Å². The van der Waals surface area contributed by atoms with Gasteiger partial charge in [-0.25, -0.2) is 0 Å². The summed E-state index contributed by atoms with van der Waals surface area (Å²) in [5.41, 5.74) is -0.0180. The monoisotopic (exact) mass is 425 g/mol. The topological polar surface area (TPSA) is 51.2 Å². The van der Waals surface area contributed by atoms with Crippen LogP contribution in [-0.4, -0.2) is 74.0 Å². The van der Waals surface area contributed by atoms with Gasteiger partial charge in [0.25, 0.3) is 0 Å². The quantitative estimate of drug-likeness (QED) is 0.433. The van der Waals surface area contributed by atoms with Gasteiger partial charge in [-0.1, -0.05) is 6.07 Å². The number of piperazine rings is 1. The number of rotatable bonds is 6. The van der Waals surface area contributed by atoms with Gasteiger partial charge < -0.3 is 20.0 Å². The second-order valence-electron chi connectivity index (χ2n) is 7.60. The molecule has 30 heavy (non-hydrogen) atoms. The first-order chi connectivity index (χ1) is 14.4. The van der Waals surface area contributed by atoms with Crippen molar-refractivity contribution >= 4 is 17.6 Å². The summed E-state index contributed by atoms with van der Waals surface area (Å²) in [6, 6.07) is 5.50. The Morgan fingerprint density at radius 3 is 2.57 bits per heavy atom. The van der Waals surface area contributed by atoms with Crippen molar-refractivity contribution < 1.29 is 18.0 Å². The third-order valence-electron chi connectivity index (χ3n) is 5.47. The highest BCUT2D eigenvalue weighted by Crippen LogP contribution is 2.31. The van der Waals surface area contributed by atoms with Crippen LogP contribution in [0.1, 0.15) is 31.7 Å². The number of carbonyl (C=O) groups is 1. The number of hydrogen-bond donors (Lipinski definition) is 1. The molecule has 0 bridgehead atoms. The Hall–Kier alpha value is -2.45. The summed E-state index contributed by atoms with van der Waals surface area (Å²) in [5, 5.41) is 3.30. The van der Waals surface area contributed by atoms with Gasteiger partial charge >= 0.3 is 6.18 Å². The molecule has 1 amide bonds. The van der Waals surface area contributed by atoms with Crippen molar-refractivity contribution in [3.8, 4) is 0 Å². The molecule has 2 saturated heterocycles. The molecule has 1 aromatic rings. The fourth-order valence-electron chi connectivity index (χ4n) is 3.87. The van der Waals surface area contributed by atoms with Crippen molar-refractivity contribution in [1.82, 2.24) is 15.1 Å². The molecule has 0 spiro atoms. The van der Waals surface area contributed by atoms with E-state index in [1.54, 1.807) is 6.07 Å². The van der Waals surface area contributed by atoms with Crippen molar-refractivity contribution in [3.05, 3.63) is 29.8 Å². The first-order valence-corrected chi connectivity index (χ1v) is 10.6. The van der Waals surface area contributed by atoms with E-state index in [2.05, 4.69) is 10.2 Å². The summed E-state index contributed by atoms with van der Waals surface area (Å²) in [5.74, 6) is 1.06. The number of hydrogen-bond acceptors (Lipinski definition) is 3. The number of amides is 1. The van der Waals surface area contributed by atoms with Crippen LogP contribution in [0.5, 0.6) is 0 Å². The first-order valence-electron chi connectivity index (χ1n) is 10.6. The summed E-state index contributed by atoms with van der Waals surface area (Å²) >= 11 is 0. The van der Waals surface area contributed by atoms with Crippen molar-refractivity contribution in [2.24, 2.45) is 4.99 Å². The van der Waals surface area contributed by atoms with E-state index < -0.39 is 11.7 Å². The second-order valence-corrected chi connectivity index (χ2v) is 7.60. The molecule has 1 aromatic carbocycles. The third-order valence-corrected chi connectivity index (χ3v) is 5.47. The molecule has 0 unspecified atom stereocenters. The number of halogens is 3. The van der Waals surface area contributed by atoms with E-state index in [0.717, 1.165) is 44.5 Å². The van der Waals surface area contributed by atoms with Gasteiger partial charge in [0.05, 0.1) is 5.56 Å². The summed E-state index contributed by atoms with van der Waals surface area (Å²) in [6.07, 6.45) is -1.91. The number of alkyl halides is 3. The predicted octanol–water partition coefficient (Wildman–Crippen LogP) is 2.81. The van der Waals surface area contributed by atoms with Gasteiger partial charge in [0, 0.05) is 64.5 Å². The average molecular weight is 425 g/mol. The van der Waals surface area contributed by atoms with Crippen LogP contribution >= 0.6 is 0 Å². The lowest BCUT2D eigenvalue weighted by molar-refractivity contribution is -0.137. The van der Waals surface area contributed by atoms with Crippen LogP contribution < -0.4 is 10.2 Å². The SMILES string of the molecule is CCNC(=NCCCN1CCCC1=O)N1CCN(c2cccc(C(F)(F)F)c2)CC1. The minimum atomic E-state index is -4.33. The maximum atomic E-state index is 13.0. The normalized spacial score (nSPS) is 18.3. The minimum Gasteiger partial charge on any atom is -0.368 e. The van der Waals surface area contributed by atoms with E-state index in [9.17, 15) is 18.0 Å². The summed E-state index contributed by atoms with van der Waals surface area (Å²) < 4.78 is 38.9. The Balaban J connectivity index is 1.52. The van der Waals surface area contributed by atoms with Gasteiger partial charge in [0.1, 0.15) is 0 Å². The molecule has 2 aliphatic heterocycles. The zero-order valence-electron chi connectivity index (χ0n) is 17.4. The van der Waals surface area contributed by atoms with E-state index in [-0.39, 0.29) is 5.91 Å². The van der Waals surface area contributed by atoms with Crippen LogP contribution in [0.4, 0.5) is 18.9 Å². The predicted molar refractivity (Wildman–Crippen MR) is 112 cm³/mol. The maximum absolute atomic E-state index is 13.0. The van der Waals surface area contributed by atoms with Gasteiger partial charge in [0.15, 0.2) is 5.96 Å². The zero-order chi connectivity index (χ0) is 21.6. The number of aliphatic imine (C=N–C) groups is 1. The molecule has 2 heterocycles. The van der Waals surface area contributed by atoms with Gasteiger partial charge in [0.2, 0.25) is 5.91 Å². The van der Waals surface area contributed by atoms with E-state index in [4.69, 9.17) is 4.99 Å². The standard InChI is InChI=1S/C21H30F3N5O/c1-2-25-20(26-9-5-11-28-10-4-8-19(28)30)29-14-12-27(13-15-29)18-7-3-6-17(16-18)21(22,23)24/h3,6-7,16H,2,4-5,8-15H2,1H3,(H,25,26). The Morgan fingerprint density at radius 1 is 1.17 bits per heavy atom. The van der Waals surface area contributed by atoms with Crippen LogP contribution in [-0.2, 0) is 11.0 Å². The summed E-state index contributed by atoms with van der Waals surface area (Å²) in [6.45, 7) is 7.63. The van der Waals surface area contributed by atoms with Crippen LogP contribution in [0.3, 0.4) is 0 Å². The summed E-state index contributed by atoms with van der Waals surface area (Å²) in [7, 11) is 0. The Labute approximate surface area is 175 Å². The van der Waals surface area contributed by atoms with Crippen molar-refractivity contribution in [1.29, 1.82) is 0 Å². The lowest BCUT2D eigenvalue weighted by atomic mass is 10.1. The van der Waals surface area contributed by atoms with Crippen molar-refractivity contribution in [2.75, 3.05) is 57.3 Å². The third kappa shape index (κ3) is 5.79. The molecule has 0 saturated carbocycles. The Morgan fingerprint density at radius 2 is 1.93 bits per heavy atom. The second kappa shape index (κ2) is 10.0. The molecule has 1 N–H and O–H groups in total. The Kier molecular flexibility index (Phi) is 7.44. The molecule has 0 aliphatic carbocycles. The van der Waals surface area contributed by atoms with E-state index >= 15 is 0 Å². The zero-order valence-corrected chi connectivity index (χ0v) is 17.4. The molecule has 166 valence electrons. The number of guanidine groups is 1.